The molecule has 0 heterocycles. The summed E-state index contributed by atoms with van der Waals surface area (Å²) in [5.74, 6) is 2.19. The second-order valence-corrected chi connectivity index (χ2v) is 7.14. The number of hydrogen-bond acceptors (Lipinski definition) is 3. The molecule has 3 unspecified atom stereocenters. The molecule has 0 bridgehead atoms. The first-order valence-electron chi connectivity index (χ1n) is 9.60. The van der Waals surface area contributed by atoms with Crippen LogP contribution in [0.4, 0.5) is 4.79 Å². The van der Waals surface area contributed by atoms with Gasteiger partial charge < -0.3 is 20.7 Å². The lowest BCUT2D eigenvalue weighted by molar-refractivity contribution is 0.147. The van der Waals surface area contributed by atoms with Crippen LogP contribution in [0.5, 0.6) is 0 Å². The number of amides is 1. The van der Waals surface area contributed by atoms with E-state index >= 15 is 0 Å². The summed E-state index contributed by atoms with van der Waals surface area (Å²) in [5, 5.41) is 9.87. The Morgan fingerprint density at radius 3 is 2.67 bits per heavy atom. The molecule has 0 saturated heterocycles. The Morgan fingerprint density at radius 1 is 1.25 bits per heavy atom. The van der Waals surface area contributed by atoms with Gasteiger partial charge in [-0.05, 0) is 51.4 Å². The van der Waals surface area contributed by atoms with Crippen LogP contribution in [0.25, 0.3) is 0 Å². The van der Waals surface area contributed by atoms with Gasteiger partial charge in [-0.3, -0.25) is 4.99 Å². The molecule has 2 rings (SSSR count). The van der Waals surface area contributed by atoms with Gasteiger partial charge in [0, 0.05) is 12.6 Å². The number of carbonyl (C=O) groups is 1. The molecular formula is C18H34N4O2. The molecule has 0 aliphatic heterocycles. The van der Waals surface area contributed by atoms with Crippen LogP contribution < -0.4 is 16.0 Å². The minimum atomic E-state index is -0.330. The van der Waals surface area contributed by atoms with E-state index in [1.165, 1.54) is 25.7 Å². The SMILES string of the molecule is CCNC(=NCC(NC(=O)OCC)C1CC1)NC1CCCC(C)C1. The Morgan fingerprint density at radius 2 is 2.04 bits per heavy atom. The number of hydrogen-bond donors (Lipinski definition) is 3. The highest BCUT2D eigenvalue weighted by Gasteiger charge is 2.32. The summed E-state index contributed by atoms with van der Waals surface area (Å²) in [5.41, 5.74) is 0. The molecule has 6 heteroatoms. The average Bonchev–Trinajstić information content (AvgIpc) is 3.36. The van der Waals surface area contributed by atoms with Gasteiger partial charge in [-0.2, -0.15) is 0 Å². The molecule has 138 valence electrons. The van der Waals surface area contributed by atoms with Crippen molar-refractivity contribution in [1.82, 2.24) is 16.0 Å². The van der Waals surface area contributed by atoms with Crippen molar-refractivity contribution in [2.45, 2.75) is 71.4 Å². The van der Waals surface area contributed by atoms with E-state index in [4.69, 9.17) is 9.73 Å². The number of guanidine groups is 1. The molecular weight excluding hydrogens is 304 g/mol. The highest BCUT2D eigenvalue weighted by Crippen LogP contribution is 2.32. The van der Waals surface area contributed by atoms with Crippen LogP contribution in [0, 0.1) is 11.8 Å². The van der Waals surface area contributed by atoms with Crippen LogP contribution in [0.3, 0.4) is 0 Å². The number of rotatable bonds is 7. The third-order valence-corrected chi connectivity index (χ3v) is 4.84. The first-order valence-corrected chi connectivity index (χ1v) is 9.60. The maximum Gasteiger partial charge on any atom is 0.407 e. The quantitative estimate of drug-likeness (QED) is 0.493. The van der Waals surface area contributed by atoms with Crippen LogP contribution in [-0.4, -0.2) is 43.8 Å². The minimum absolute atomic E-state index is 0.0739. The molecule has 2 aliphatic carbocycles. The highest BCUT2D eigenvalue weighted by atomic mass is 16.5. The molecule has 2 saturated carbocycles. The van der Waals surface area contributed by atoms with Gasteiger partial charge in [-0.1, -0.05) is 19.8 Å². The summed E-state index contributed by atoms with van der Waals surface area (Å²) < 4.78 is 5.01. The van der Waals surface area contributed by atoms with Gasteiger partial charge >= 0.3 is 6.09 Å². The number of alkyl carbamates (subject to hydrolysis) is 1. The fourth-order valence-electron chi connectivity index (χ4n) is 3.40. The molecule has 0 spiro atoms. The summed E-state index contributed by atoms with van der Waals surface area (Å²) in [6, 6.07) is 0.578. The van der Waals surface area contributed by atoms with Gasteiger partial charge in [0.15, 0.2) is 5.96 Å². The second-order valence-electron chi connectivity index (χ2n) is 7.14. The van der Waals surface area contributed by atoms with E-state index in [1.54, 1.807) is 0 Å². The van der Waals surface area contributed by atoms with Crippen LogP contribution >= 0.6 is 0 Å². The molecule has 24 heavy (non-hydrogen) atoms. The van der Waals surface area contributed by atoms with Gasteiger partial charge in [0.25, 0.3) is 0 Å². The van der Waals surface area contributed by atoms with Crippen LogP contribution in [0.15, 0.2) is 4.99 Å². The Balaban J connectivity index is 1.88. The van der Waals surface area contributed by atoms with E-state index < -0.39 is 0 Å². The van der Waals surface area contributed by atoms with Crippen LogP contribution in [0.2, 0.25) is 0 Å². The average molecular weight is 338 g/mol. The van der Waals surface area contributed by atoms with Crippen molar-refractivity contribution in [3.05, 3.63) is 0 Å². The van der Waals surface area contributed by atoms with Crippen molar-refractivity contribution in [2.24, 2.45) is 16.8 Å². The Hall–Kier alpha value is -1.46. The predicted molar refractivity (Wildman–Crippen MR) is 97.2 cm³/mol. The fourth-order valence-corrected chi connectivity index (χ4v) is 3.40. The number of aliphatic imine (C=N–C) groups is 1. The zero-order valence-corrected chi connectivity index (χ0v) is 15.4. The van der Waals surface area contributed by atoms with Gasteiger partial charge in [-0.15, -0.1) is 0 Å². The summed E-state index contributed by atoms with van der Waals surface area (Å²) in [6.07, 6.45) is 7.03. The molecule has 0 aromatic rings. The third kappa shape index (κ3) is 6.57. The van der Waals surface area contributed by atoms with Crippen molar-refractivity contribution in [1.29, 1.82) is 0 Å². The molecule has 1 amide bonds. The molecule has 0 aromatic carbocycles. The van der Waals surface area contributed by atoms with E-state index in [0.717, 1.165) is 31.3 Å². The minimum Gasteiger partial charge on any atom is -0.450 e. The van der Waals surface area contributed by atoms with Gasteiger partial charge in [-0.25, -0.2) is 4.79 Å². The molecule has 2 fully saturated rings. The highest BCUT2D eigenvalue weighted by molar-refractivity contribution is 5.80. The van der Waals surface area contributed by atoms with Crippen molar-refractivity contribution in [3.63, 3.8) is 0 Å². The monoisotopic (exact) mass is 338 g/mol. The van der Waals surface area contributed by atoms with E-state index in [-0.39, 0.29) is 12.1 Å². The topological polar surface area (TPSA) is 74.8 Å². The van der Waals surface area contributed by atoms with E-state index in [9.17, 15) is 4.79 Å². The molecule has 2 aliphatic rings. The van der Waals surface area contributed by atoms with E-state index in [0.29, 0.717) is 25.1 Å². The van der Waals surface area contributed by atoms with Crippen molar-refractivity contribution in [2.75, 3.05) is 19.7 Å². The van der Waals surface area contributed by atoms with E-state index in [2.05, 4.69) is 29.8 Å². The van der Waals surface area contributed by atoms with Crippen LogP contribution in [0.1, 0.15) is 59.3 Å². The zero-order chi connectivity index (χ0) is 17.4. The lowest BCUT2D eigenvalue weighted by Crippen LogP contribution is -2.46. The zero-order valence-electron chi connectivity index (χ0n) is 15.4. The van der Waals surface area contributed by atoms with Crippen molar-refractivity contribution < 1.29 is 9.53 Å². The van der Waals surface area contributed by atoms with Crippen molar-refractivity contribution in [3.8, 4) is 0 Å². The largest absolute Gasteiger partial charge is 0.450 e. The maximum atomic E-state index is 11.7. The number of nitrogens with zero attached hydrogens (tertiary/aromatic N) is 1. The number of ether oxygens (including phenoxy) is 1. The Kier molecular flexibility index (Phi) is 7.66. The standard InChI is InChI=1S/C18H34N4O2/c1-4-19-17(21-15-8-6-7-13(3)11-15)20-12-16(14-9-10-14)22-18(23)24-5-2/h13-16H,4-12H2,1-3H3,(H,22,23)(H2,19,20,21). The van der Waals surface area contributed by atoms with Crippen LogP contribution in [-0.2, 0) is 4.74 Å². The second kappa shape index (κ2) is 9.74. The lowest BCUT2D eigenvalue weighted by Gasteiger charge is -2.29. The normalized spacial score (nSPS) is 25.7. The smallest absolute Gasteiger partial charge is 0.407 e. The predicted octanol–water partition coefficient (Wildman–Crippen LogP) is 2.64. The summed E-state index contributed by atoms with van der Waals surface area (Å²) in [4.78, 5) is 16.4. The molecule has 3 atom stereocenters. The summed E-state index contributed by atoms with van der Waals surface area (Å²) in [6.45, 7) is 8.06. The number of carbonyl (C=O) groups excluding carboxylic acids is 1. The number of nitrogens with one attached hydrogen (secondary N) is 3. The summed E-state index contributed by atoms with van der Waals surface area (Å²) >= 11 is 0. The Bertz CT molecular complexity index is 423. The van der Waals surface area contributed by atoms with E-state index in [1.807, 2.05) is 6.92 Å². The van der Waals surface area contributed by atoms with Crippen molar-refractivity contribution >= 4 is 12.1 Å². The molecule has 6 nitrogen and oxygen atoms in total. The maximum absolute atomic E-state index is 11.7. The fraction of sp³-hybridized carbons (Fsp3) is 0.889. The Labute approximate surface area is 146 Å². The molecule has 3 N–H and O–H groups in total. The molecule has 0 aromatic heterocycles. The first-order chi connectivity index (χ1) is 11.6. The van der Waals surface area contributed by atoms with Gasteiger partial charge in [0.2, 0.25) is 0 Å². The van der Waals surface area contributed by atoms with Gasteiger partial charge in [0.1, 0.15) is 0 Å². The lowest BCUT2D eigenvalue weighted by atomic mass is 9.87. The van der Waals surface area contributed by atoms with Gasteiger partial charge in [0.05, 0.1) is 19.2 Å². The third-order valence-electron chi connectivity index (χ3n) is 4.84. The molecule has 0 radical (unpaired) electrons. The first kappa shape index (κ1) is 18.9. The summed E-state index contributed by atoms with van der Waals surface area (Å²) in [7, 11) is 0.